The number of carboxylic acid groups (broad SMARTS) is 1. The van der Waals surface area contributed by atoms with Crippen LogP contribution in [-0.4, -0.2) is 24.2 Å². The number of aryl methyl sites for hydroxylation is 1. The molecule has 0 spiro atoms. The lowest BCUT2D eigenvalue weighted by Gasteiger charge is -2.26. The van der Waals surface area contributed by atoms with Crippen molar-refractivity contribution in [3.05, 3.63) is 53.3 Å². The van der Waals surface area contributed by atoms with Gasteiger partial charge in [0.15, 0.2) is 0 Å². The van der Waals surface area contributed by atoms with Crippen LogP contribution in [0.4, 0.5) is 20.6 Å². The number of carboxylic acids is 1. The van der Waals surface area contributed by atoms with E-state index in [-0.39, 0.29) is 17.5 Å². The monoisotopic (exact) mass is 400 g/mol. The van der Waals surface area contributed by atoms with Crippen LogP contribution in [0.2, 0.25) is 0 Å². The second kappa shape index (κ2) is 8.94. The number of methoxy groups -OCH3 is 1. The lowest BCUT2D eigenvalue weighted by molar-refractivity contribution is -0.142. The van der Waals surface area contributed by atoms with Gasteiger partial charge in [-0.25, -0.2) is 9.18 Å². The van der Waals surface area contributed by atoms with E-state index in [1.807, 2.05) is 13.0 Å². The van der Waals surface area contributed by atoms with Gasteiger partial charge in [0.2, 0.25) is 0 Å². The van der Waals surface area contributed by atoms with E-state index < -0.39 is 17.8 Å². The molecular formula is C22H25FN2O4. The lowest BCUT2D eigenvalue weighted by Crippen LogP contribution is -2.21. The van der Waals surface area contributed by atoms with Crippen molar-refractivity contribution in [2.45, 2.75) is 38.5 Å². The molecule has 0 saturated heterocycles. The zero-order valence-corrected chi connectivity index (χ0v) is 16.5. The van der Waals surface area contributed by atoms with Crippen LogP contribution < -0.4 is 15.4 Å². The molecule has 0 atom stereocenters. The van der Waals surface area contributed by atoms with E-state index in [4.69, 9.17) is 9.84 Å². The summed E-state index contributed by atoms with van der Waals surface area (Å²) in [4.78, 5) is 23.4. The number of anilines is 2. The van der Waals surface area contributed by atoms with Crippen molar-refractivity contribution in [3.63, 3.8) is 0 Å². The van der Waals surface area contributed by atoms with Gasteiger partial charge in [-0.15, -0.1) is 0 Å². The summed E-state index contributed by atoms with van der Waals surface area (Å²) in [6.45, 7) is 1.89. The van der Waals surface area contributed by atoms with Gasteiger partial charge in [-0.3, -0.25) is 4.79 Å². The predicted molar refractivity (Wildman–Crippen MR) is 109 cm³/mol. The van der Waals surface area contributed by atoms with Gasteiger partial charge in [0.05, 0.1) is 24.4 Å². The molecule has 1 aliphatic carbocycles. The minimum absolute atomic E-state index is 0.0806. The fraction of sp³-hybridized carbons (Fsp3) is 0.364. The maximum absolute atomic E-state index is 14.6. The highest BCUT2D eigenvalue weighted by molar-refractivity contribution is 6.00. The van der Waals surface area contributed by atoms with Crippen LogP contribution in [0.5, 0.6) is 5.75 Å². The normalized spacial score (nSPS) is 18.7. The number of benzene rings is 2. The maximum atomic E-state index is 14.6. The van der Waals surface area contributed by atoms with Gasteiger partial charge in [-0.05, 0) is 73.9 Å². The van der Waals surface area contributed by atoms with Crippen LogP contribution in [0.15, 0.2) is 36.4 Å². The lowest BCUT2D eigenvalue weighted by atomic mass is 9.79. The average molecular weight is 400 g/mol. The Labute approximate surface area is 169 Å². The smallest absolute Gasteiger partial charge is 0.323 e. The number of hydrogen-bond donors (Lipinski definition) is 3. The number of hydrogen-bond acceptors (Lipinski definition) is 3. The summed E-state index contributed by atoms with van der Waals surface area (Å²) in [6, 6.07) is 9.57. The number of ether oxygens (including phenoxy) is 1. The number of carbonyl (C=O) groups is 2. The molecule has 3 rings (SSSR count). The highest BCUT2D eigenvalue weighted by Gasteiger charge is 2.27. The van der Waals surface area contributed by atoms with E-state index in [0.29, 0.717) is 24.3 Å². The summed E-state index contributed by atoms with van der Waals surface area (Å²) >= 11 is 0. The number of halogens is 1. The SMILES string of the molecule is COc1ccc(C)cc1NC(=O)Nc1ccc([C@H]2CC[C@H](C(=O)O)CC2)cc1F. The van der Waals surface area contributed by atoms with Crippen LogP contribution >= 0.6 is 0 Å². The molecule has 1 aliphatic rings. The fourth-order valence-electron chi connectivity index (χ4n) is 3.76. The largest absolute Gasteiger partial charge is 0.495 e. The Balaban J connectivity index is 1.64. The Morgan fingerprint density at radius 3 is 2.34 bits per heavy atom. The number of carbonyl (C=O) groups excluding carboxylic acids is 1. The second-order valence-corrected chi connectivity index (χ2v) is 7.41. The van der Waals surface area contributed by atoms with Crippen LogP contribution in [-0.2, 0) is 4.79 Å². The van der Waals surface area contributed by atoms with Gasteiger partial charge in [0.1, 0.15) is 11.6 Å². The van der Waals surface area contributed by atoms with Crippen molar-refractivity contribution in [1.29, 1.82) is 0 Å². The average Bonchev–Trinajstić information content (AvgIpc) is 2.70. The van der Waals surface area contributed by atoms with E-state index in [2.05, 4.69) is 10.6 Å². The Kier molecular flexibility index (Phi) is 6.36. The van der Waals surface area contributed by atoms with Crippen LogP contribution in [0.25, 0.3) is 0 Å². The van der Waals surface area contributed by atoms with Crippen molar-refractivity contribution >= 4 is 23.4 Å². The molecule has 29 heavy (non-hydrogen) atoms. The molecule has 0 unspecified atom stereocenters. The third kappa shape index (κ3) is 5.04. The second-order valence-electron chi connectivity index (χ2n) is 7.41. The molecule has 0 heterocycles. The molecule has 2 amide bonds. The van der Waals surface area contributed by atoms with Crippen LogP contribution in [0.3, 0.4) is 0 Å². The summed E-state index contributed by atoms with van der Waals surface area (Å²) in [6.07, 6.45) is 2.64. The zero-order valence-electron chi connectivity index (χ0n) is 16.5. The molecule has 6 nitrogen and oxygen atoms in total. The summed E-state index contributed by atoms with van der Waals surface area (Å²) in [5, 5.41) is 14.3. The molecule has 1 saturated carbocycles. The van der Waals surface area contributed by atoms with Gasteiger partial charge in [-0.2, -0.15) is 0 Å². The third-order valence-electron chi connectivity index (χ3n) is 5.39. The third-order valence-corrected chi connectivity index (χ3v) is 5.39. The molecular weight excluding hydrogens is 375 g/mol. The van der Waals surface area contributed by atoms with Gasteiger partial charge < -0.3 is 20.5 Å². The van der Waals surface area contributed by atoms with Crippen molar-refractivity contribution < 1.29 is 23.8 Å². The van der Waals surface area contributed by atoms with E-state index in [9.17, 15) is 14.0 Å². The zero-order chi connectivity index (χ0) is 21.0. The van der Waals surface area contributed by atoms with Gasteiger partial charge in [0, 0.05) is 0 Å². The molecule has 3 N–H and O–H groups in total. The highest BCUT2D eigenvalue weighted by atomic mass is 19.1. The molecule has 7 heteroatoms. The molecule has 2 aromatic carbocycles. The summed E-state index contributed by atoms with van der Waals surface area (Å²) in [7, 11) is 1.51. The minimum Gasteiger partial charge on any atom is -0.495 e. The predicted octanol–water partition coefficient (Wildman–Crippen LogP) is 5.15. The molecule has 0 aromatic heterocycles. The standard InChI is InChI=1S/C22H25FN2O4/c1-13-3-10-20(29-2)19(11-13)25-22(28)24-18-9-8-16(12-17(18)23)14-4-6-15(7-5-14)21(26)27/h3,8-12,14-15H,4-7H2,1-2H3,(H,26,27)(H2,24,25,28)/t14-,15-. The van der Waals surface area contributed by atoms with Gasteiger partial charge in [-0.1, -0.05) is 12.1 Å². The first-order valence-corrected chi connectivity index (χ1v) is 9.62. The number of nitrogens with one attached hydrogen (secondary N) is 2. The van der Waals surface area contributed by atoms with E-state index in [0.717, 1.165) is 24.0 Å². The topological polar surface area (TPSA) is 87.7 Å². The fourth-order valence-corrected chi connectivity index (χ4v) is 3.76. The Hall–Kier alpha value is -3.09. The number of rotatable bonds is 5. The molecule has 1 fully saturated rings. The summed E-state index contributed by atoms with van der Waals surface area (Å²) in [5.41, 5.74) is 2.36. The quantitative estimate of drug-likeness (QED) is 0.648. The molecule has 154 valence electrons. The minimum atomic E-state index is -0.759. The van der Waals surface area contributed by atoms with Gasteiger partial charge in [0.25, 0.3) is 0 Å². The first-order chi connectivity index (χ1) is 13.9. The van der Waals surface area contributed by atoms with Crippen molar-refractivity contribution in [2.24, 2.45) is 5.92 Å². The molecule has 0 aliphatic heterocycles. The van der Waals surface area contributed by atoms with E-state index in [1.165, 1.54) is 13.2 Å². The van der Waals surface area contributed by atoms with Crippen molar-refractivity contribution in [1.82, 2.24) is 0 Å². The Bertz CT molecular complexity index is 908. The summed E-state index contributed by atoms with van der Waals surface area (Å²) < 4.78 is 19.8. The highest BCUT2D eigenvalue weighted by Crippen LogP contribution is 2.36. The van der Waals surface area contributed by atoms with Crippen LogP contribution in [0.1, 0.15) is 42.7 Å². The van der Waals surface area contributed by atoms with Crippen molar-refractivity contribution in [2.75, 3.05) is 17.7 Å². The number of amides is 2. The first-order valence-electron chi connectivity index (χ1n) is 9.62. The first kappa shape index (κ1) is 20.6. The summed E-state index contributed by atoms with van der Waals surface area (Å²) in [5.74, 6) is -0.933. The number of urea groups is 1. The Morgan fingerprint density at radius 1 is 1.03 bits per heavy atom. The molecule has 0 radical (unpaired) electrons. The van der Waals surface area contributed by atoms with Crippen LogP contribution in [0, 0.1) is 18.7 Å². The number of aliphatic carboxylic acids is 1. The van der Waals surface area contributed by atoms with E-state index >= 15 is 0 Å². The van der Waals surface area contributed by atoms with E-state index in [1.54, 1.807) is 24.3 Å². The van der Waals surface area contributed by atoms with Crippen molar-refractivity contribution in [3.8, 4) is 5.75 Å². The van der Waals surface area contributed by atoms with Gasteiger partial charge >= 0.3 is 12.0 Å². The maximum Gasteiger partial charge on any atom is 0.323 e. The molecule has 2 aromatic rings. The molecule has 0 bridgehead atoms. The Morgan fingerprint density at radius 2 is 1.72 bits per heavy atom.